The number of aromatic nitrogens is 2. The Bertz CT molecular complexity index is 1740. The second kappa shape index (κ2) is 19.8. The maximum absolute atomic E-state index is 14.7. The largest absolute Gasteiger partial charge is 0.462 e. The van der Waals surface area contributed by atoms with Gasteiger partial charge >= 0.3 is 6.09 Å². The molecule has 2 atom stereocenters. The predicted octanol–water partition coefficient (Wildman–Crippen LogP) is 8.65. The average Bonchev–Trinajstić information content (AvgIpc) is 3.41. The summed E-state index contributed by atoms with van der Waals surface area (Å²) in [6, 6.07) is 18.7. The van der Waals surface area contributed by atoms with Crippen LogP contribution in [0.25, 0.3) is 0 Å². The topological polar surface area (TPSA) is 126 Å². The number of benzene rings is 1. The molecule has 2 aliphatic rings. The third-order valence-electron chi connectivity index (χ3n) is 10.4. The second-order valence-electron chi connectivity index (χ2n) is 17.5. The number of likely N-dealkylation sites (tertiary alicyclic amines) is 2. The number of piperidine rings is 1. The van der Waals surface area contributed by atoms with Gasteiger partial charge in [0.25, 0.3) is 12.4 Å². The highest BCUT2D eigenvalue weighted by Crippen LogP contribution is 2.35. The third kappa shape index (κ3) is 13.8. The summed E-state index contributed by atoms with van der Waals surface area (Å²) in [4.78, 5) is 48.4. The molecule has 306 valence electrons. The Morgan fingerprint density at radius 1 is 1.00 bits per heavy atom. The maximum Gasteiger partial charge on any atom is 0.410 e. The fourth-order valence-electron chi connectivity index (χ4n) is 6.95. The van der Waals surface area contributed by atoms with E-state index in [2.05, 4.69) is 45.6 Å². The van der Waals surface area contributed by atoms with Crippen LogP contribution in [0, 0.1) is 17.8 Å². The lowest BCUT2D eigenvalue weighted by Crippen LogP contribution is -2.43. The fraction of sp³-hybridized carbons (Fsp3) is 0.558. The SMILES string of the molecule is CC(C)(C)OC=O.CN1CC(CCC(Nc2cccc(SNC(=O)c3ccc(C(C)(C)C)nc3F)n2)C2CCN(C(=O)OCc3ccccc3)CC2)CC1(C)C. The Morgan fingerprint density at radius 2 is 1.70 bits per heavy atom. The van der Waals surface area contributed by atoms with E-state index in [1.165, 1.54) is 12.5 Å². The maximum atomic E-state index is 14.7. The van der Waals surface area contributed by atoms with Crippen LogP contribution < -0.4 is 10.0 Å². The number of carbonyl (C=O) groups excluding carboxylic acids is 3. The molecular formula is C43H61FN6O5S. The summed E-state index contributed by atoms with van der Waals surface area (Å²) in [7, 11) is 2.21. The van der Waals surface area contributed by atoms with Crippen molar-refractivity contribution in [1.82, 2.24) is 24.5 Å². The van der Waals surface area contributed by atoms with Gasteiger partial charge in [-0.05, 0) is 115 Å². The molecule has 0 aliphatic carbocycles. The van der Waals surface area contributed by atoms with Crippen LogP contribution in [0.15, 0.2) is 65.7 Å². The summed E-state index contributed by atoms with van der Waals surface area (Å²) in [5.74, 6) is 0.348. The minimum Gasteiger partial charge on any atom is -0.462 e. The van der Waals surface area contributed by atoms with Crippen LogP contribution >= 0.6 is 11.9 Å². The molecule has 13 heteroatoms. The molecule has 0 spiro atoms. The smallest absolute Gasteiger partial charge is 0.410 e. The van der Waals surface area contributed by atoms with Crippen molar-refractivity contribution in [3.8, 4) is 0 Å². The zero-order chi connectivity index (χ0) is 41.1. The second-order valence-corrected chi connectivity index (χ2v) is 18.3. The minimum atomic E-state index is -0.788. The molecule has 11 nitrogen and oxygen atoms in total. The molecule has 56 heavy (non-hydrogen) atoms. The van der Waals surface area contributed by atoms with Crippen LogP contribution in [0.4, 0.5) is 15.0 Å². The molecule has 2 N–H and O–H groups in total. The van der Waals surface area contributed by atoms with E-state index >= 15 is 0 Å². The summed E-state index contributed by atoms with van der Waals surface area (Å²) in [6.07, 6.45) is 4.73. The lowest BCUT2D eigenvalue weighted by atomic mass is 9.84. The van der Waals surface area contributed by atoms with Gasteiger partial charge in [0.15, 0.2) is 0 Å². The Balaban J connectivity index is 0.000000908. The molecule has 3 aromatic rings. The van der Waals surface area contributed by atoms with Gasteiger partial charge in [-0.1, -0.05) is 57.2 Å². The van der Waals surface area contributed by atoms with E-state index in [4.69, 9.17) is 9.72 Å². The number of pyridine rings is 2. The molecule has 2 saturated heterocycles. The standard InChI is InChI=1S/C38H51FN6O3S.C5H10O2/c1-37(2,3)31-18-16-29(34(39)41-31)35(46)43-49-33-14-10-13-32(42-33)40-30(17-15-27-23-38(4,5)44(6)24-27)28-19-21-45(22-20-28)36(47)48-25-26-11-8-7-9-12-26;1-5(2,3)7-4-6/h7-14,16,18,27-28,30H,15,17,19-25H2,1-6H3,(H,40,42)(H,43,46);4H,1-3H3. The van der Waals surface area contributed by atoms with Crippen molar-refractivity contribution in [3.63, 3.8) is 0 Å². The molecule has 2 fully saturated rings. The molecule has 5 rings (SSSR count). The Kier molecular flexibility index (Phi) is 15.7. The molecule has 2 amide bonds. The molecule has 0 bridgehead atoms. The molecule has 2 aliphatic heterocycles. The van der Waals surface area contributed by atoms with Gasteiger partial charge in [0.05, 0.1) is 5.56 Å². The van der Waals surface area contributed by atoms with Gasteiger partial charge < -0.3 is 24.6 Å². The molecular weight excluding hydrogens is 732 g/mol. The number of nitrogens with one attached hydrogen (secondary N) is 2. The summed E-state index contributed by atoms with van der Waals surface area (Å²) in [6.45, 7) is 19.0. The number of halogens is 1. The molecule has 1 aromatic carbocycles. The average molecular weight is 793 g/mol. The van der Waals surface area contributed by atoms with E-state index in [0.29, 0.717) is 42.1 Å². The Hall–Kier alpha value is -4.23. The highest BCUT2D eigenvalue weighted by atomic mass is 32.2. The lowest BCUT2D eigenvalue weighted by molar-refractivity contribution is -0.138. The quantitative estimate of drug-likeness (QED) is 0.105. The Morgan fingerprint density at radius 3 is 2.27 bits per heavy atom. The number of hydrogen-bond donors (Lipinski definition) is 2. The Labute approximate surface area is 337 Å². The van der Waals surface area contributed by atoms with Crippen LogP contribution in [-0.2, 0) is 26.3 Å². The third-order valence-corrected chi connectivity index (χ3v) is 11.1. The van der Waals surface area contributed by atoms with Gasteiger partial charge in [0.2, 0.25) is 5.95 Å². The lowest BCUT2D eigenvalue weighted by Gasteiger charge is -2.36. The number of carbonyl (C=O) groups is 3. The van der Waals surface area contributed by atoms with Crippen LogP contribution in [0.3, 0.4) is 0 Å². The summed E-state index contributed by atoms with van der Waals surface area (Å²) >= 11 is 1.05. The van der Waals surface area contributed by atoms with Crippen LogP contribution in [-0.4, -0.2) is 82.1 Å². The molecule has 4 heterocycles. The molecule has 2 unspecified atom stereocenters. The van der Waals surface area contributed by atoms with Crippen LogP contribution in [0.5, 0.6) is 0 Å². The number of nitrogens with zero attached hydrogens (tertiary/aromatic N) is 4. The van der Waals surface area contributed by atoms with E-state index in [0.717, 1.165) is 55.6 Å². The minimum absolute atomic E-state index is 0.106. The van der Waals surface area contributed by atoms with E-state index in [1.54, 1.807) is 6.07 Å². The first kappa shape index (κ1) is 44.5. The first-order chi connectivity index (χ1) is 26.3. The van der Waals surface area contributed by atoms with E-state index < -0.39 is 11.9 Å². The summed E-state index contributed by atoms with van der Waals surface area (Å²) < 4.78 is 27.6. The van der Waals surface area contributed by atoms with Crippen LogP contribution in [0.1, 0.15) is 109 Å². The van der Waals surface area contributed by atoms with Gasteiger partial charge in [-0.3, -0.25) is 14.3 Å². The summed E-state index contributed by atoms with van der Waals surface area (Å²) in [5, 5.41) is 4.32. The van der Waals surface area contributed by atoms with Gasteiger partial charge in [-0.15, -0.1) is 0 Å². The first-order valence-electron chi connectivity index (χ1n) is 19.5. The van der Waals surface area contributed by atoms with Crippen molar-refractivity contribution in [2.45, 2.75) is 122 Å². The van der Waals surface area contributed by atoms with Crippen molar-refractivity contribution in [1.29, 1.82) is 0 Å². The number of hydrogen-bond acceptors (Lipinski definition) is 10. The van der Waals surface area contributed by atoms with Crippen molar-refractivity contribution < 1.29 is 28.2 Å². The van der Waals surface area contributed by atoms with E-state index in [-0.39, 0.29) is 40.9 Å². The van der Waals surface area contributed by atoms with Gasteiger partial charge in [0, 0.05) is 54.3 Å². The van der Waals surface area contributed by atoms with Crippen molar-refractivity contribution in [2.75, 3.05) is 32.0 Å². The highest BCUT2D eigenvalue weighted by Gasteiger charge is 2.37. The number of anilines is 1. The van der Waals surface area contributed by atoms with Gasteiger partial charge in [-0.2, -0.15) is 4.39 Å². The monoisotopic (exact) mass is 792 g/mol. The molecule has 0 radical (unpaired) electrons. The molecule has 2 aromatic heterocycles. The fourth-order valence-corrected chi connectivity index (χ4v) is 7.55. The van der Waals surface area contributed by atoms with Gasteiger partial charge in [-0.25, -0.2) is 14.8 Å². The summed E-state index contributed by atoms with van der Waals surface area (Å²) in [5.41, 5.74) is 1.01. The van der Waals surface area contributed by atoms with Crippen LogP contribution in [0.2, 0.25) is 0 Å². The first-order valence-corrected chi connectivity index (χ1v) is 20.3. The van der Waals surface area contributed by atoms with Crippen molar-refractivity contribution in [2.24, 2.45) is 11.8 Å². The zero-order valence-corrected chi connectivity index (χ0v) is 35.4. The van der Waals surface area contributed by atoms with E-state index in [9.17, 15) is 18.8 Å². The van der Waals surface area contributed by atoms with E-state index in [1.807, 2.05) is 95.0 Å². The predicted molar refractivity (Wildman–Crippen MR) is 220 cm³/mol. The zero-order valence-electron chi connectivity index (χ0n) is 34.6. The highest BCUT2D eigenvalue weighted by molar-refractivity contribution is 7.97. The number of ether oxygens (including phenoxy) is 2. The number of rotatable bonds is 12. The van der Waals surface area contributed by atoms with Crippen molar-refractivity contribution >= 4 is 36.2 Å². The van der Waals surface area contributed by atoms with Crippen molar-refractivity contribution in [3.05, 3.63) is 83.4 Å². The number of amides is 2. The van der Waals surface area contributed by atoms with Gasteiger partial charge in [0.1, 0.15) is 23.1 Å². The normalized spacial score (nSPS) is 18.0. The molecule has 0 saturated carbocycles.